The minimum atomic E-state index is -3.66. The molecule has 3 rings (SSSR count). The largest absolute Gasteiger partial charge is 0.462 e. The van der Waals surface area contributed by atoms with Gasteiger partial charge in [-0.3, -0.25) is 4.79 Å². The van der Waals surface area contributed by atoms with Crippen molar-refractivity contribution < 1.29 is 32.3 Å². The van der Waals surface area contributed by atoms with E-state index in [2.05, 4.69) is 5.32 Å². The standard InChI is InChI=1S/C26H28N2O7S2/c1-4-28(5-2)37(32,33)20-14-12-19(13-15-20)25(30)35-16-22(29)27-24-23(26(31)34-6-3)21(17-36-24)18-10-8-7-9-11-18/h7-15,17H,4-6,16H2,1-3H3,(H,27,29). The Balaban J connectivity index is 1.68. The van der Waals surface area contributed by atoms with Crippen LogP contribution < -0.4 is 5.32 Å². The molecule has 11 heteroatoms. The highest BCUT2D eigenvalue weighted by atomic mass is 32.2. The summed E-state index contributed by atoms with van der Waals surface area (Å²) in [6.45, 7) is 5.40. The lowest BCUT2D eigenvalue weighted by atomic mass is 10.0. The average molecular weight is 545 g/mol. The first-order valence-corrected chi connectivity index (χ1v) is 14.0. The molecule has 1 aromatic heterocycles. The number of esters is 2. The van der Waals surface area contributed by atoms with E-state index in [-0.39, 0.29) is 27.6 Å². The lowest BCUT2D eigenvalue weighted by Gasteiger charge is -2.18. The van der Waals surface area contributed by atoms with Gasteiger partial charge in [-0.2, -0.15) is 4.31 Å². The molecule has 1 N–H and O–H groups in total. The number of hydrogen-bond donors (Lipinski definition) is 1. The first kappa shape index (κ1) is 28.0. The van der Waals surface area contributed by atoms with Crippen LogP contribution in [-0.4, -0.2) is 56.9 Å². The molecule has 37 heavy (non-hydrogen) atoms. The summed E-state index contributed by atoms with van der Waals surface area (Å²) in [5.74, 6) is -2.00. The summed E-state index contributed by atoms with van der Waals surface area (Å²) in [6, 6.07) is 14.5. The number of benzene rings is 2. The molecule has 0 atom stereocenters. The van der Waals surface area contributed by atoms with Crippen molar-refractivity contribution in [1.29, 1.82) is 0 Å². The average Bonchev–Trinajstić information content (AvgIpc) is 3.32. The van der Waals surface area contributed by atoms with Gasteiger partial charge in [0.05, 0.1) is 17.1 Å². The maximum atomic E-state index is 12.6. The molecule has 0 bridgehead atoms. The van der Waals surface area contributed by atoms with Crippen LogP contribution in [0.25, 0.3) is 11.1 Å². The molecule has 0 unspecified atom stereocenters. The number of carbonyl (C=O) groups excluding carboxylic acids is 3. The number of sulfonamides is 1. The Bertz CT molecular complexity index is 1350. The molecule has 1 amide bonds. The number of hydrogen-bond acceptors (Lipinski definition) is 8. The number of nitrogens with one attached hydrogen (secondary N) is 1. The third-order valence-electron chi connectivity index (χ3n) is 5.38. The second-order valence-corrected chi connectivity index (χ2v) is 10.5. The number of nitrogens with zero attached hydrogens (tertiary/aromatic N) is 1. The minimum absolute atomic E-state index is 0.0592. The lowest BCUT2D eigenvalue weighted by molar-refractivity contribution is -0.119. The fourth-order valence-corrected chi connectivity index (χ4v) is 5.97. The van der Waals surface area contributed by atoms with E-state index in [0.29, 0.717) is 18.7 Å². The van der Waals surface area contributed by atoms with Crippen LogP contribution in [0, 0.1) is 0 Å². The minimum Gasteiger partial charge on any atom is -0.462 e. The van der Waals surface area contributed by atoms with Crippen LogP contribution in [0.4, 0.5) is 5.00 Å². The third kappa shape index (κ3) is 6.62. The zero-order valence-electron chi connectivity index (χ0n) is 20.7. The highest BCUT2D eigenvalue weighted by Crippen LogP contribution is 2.36. The van der Waals surface area contributed by atoms with Crippen LogP contribution >= 0.6 is 11.3 Å². The normalized spacial score (nSPS) is 11.2. The van der Waals surface area contributed by atoms with Crippen LogP contribution in [0.15, 0.2) is 64.9 Å². The van der Waals surface area contributed by atoms with Crippen LogP contribution in [0.2, 0.25) is 0 Å². The molecule has 0 aliphatic rings. The smallest absolute Gasteiger partial charge is 0.341 e. The van der Waals surface area contributed by atoms with Crippen LogP contribution in [0.5, 0.6) is 0 Å². The Morgan fingerprint density at radius 3 is 2.14 bits per heavy atom. The summed E-state index contributed by atoms with van der Waals surface area (Å²) in [6.07, 6.45) is 0. The number of thiophene rings is 1. The van der Waals surface area contributed by atoms with Gasteiger partial charge in [0, 0.05) is 24.0 Å². The molecule has 0 radical (unpaired) electrons. The molecule has 0 aliphatic heterocycles. The van der Waals surface area contributed by atoms with Crippen molar-refractivity contribution in [3.8, 4) is 11.1 Å². The van der Waals surface area contributed by atoms with Gasteiger partial charge in [-0.1, -0.05) is 44.2 Å². The fraction of sp³-hybridized carbons (Fsp3) is 0.269. The maximum Gasteiger partial charge on any atom is 0.341 e. The summed E-state index contributed by atoms with van der Waals surface area (Å²) in [7, 11) is -3.66. The maximum absolute atomic E-state index is 12.6. The first-order valence-electron chi connectivity index (χ1n) is 11.6. The van der Waals surface area contributed by atoms with Crippen molar-refractivity contribution in [1.82, 2.24) is 4.31 Å². The quantitative estimate of drug-likeness (QED) is 0.355. The van der Waals surface area contributed by atoms with Gasteiger partial charge in [0.1, 0.15) is 10.6 Å². The van der Waals surface area contributed by atoms with Gasteiger partial charge in [0.25, 0.3) is 5.91 Å². The number of ether oxygens (including phenoxy) is 2. The molecule has 3 aromatic rings. The molecular weight excluding hydrogens is 516 g/mol. The molecule has 1 heterocycles. The van der Waals surface area contributed by atoms with Crippen molar-refractivity contribution >= 4 is 44.2 Å². The van der Waals surface area contributed by atoms with Crippen molar-refractivity contribution in [2.24, 2.45) is 0 Å². The Morgan fingerprint density at radius 1 is 0.892 bits per heavy atom. The summed E-state index contributed by atoms with van der Waals surface area (Å²) >= 11 is 1.16. The van der Waals surface area contributed by atoms with Crippen LogP contribution in [-0.2, 0) is 24.3 Å². The SMILES string of the molecule is CCOC(=O)c1c(-c2ccccc2)csc1NC(=O)COC(=O)c1ccc(S(=O)(=O)N(CC)CC)cc1. The van der Waals surface area contributed by atoms with Gasteiger partial charge in [-0.25, -0.2) is 18.0 Å². The molecule has 0 spiro atoms. The molecule has 0 saturated carbocycles. The second kappa shape index (κ2) is 12.6. The van der Waals surface area contributed by atoms with Gasteiger partial charge in [-0.15, -0.1) is 11.3 Å². The first-order chi connectivity index (χ1) is 17.7. The number of carbonyl (C=O) groups is 3. The molecule has 0 aliphatic carbocycles. The van der Waals surface area contributed by atoms with E-state index in [9.17, 15) is 22.8 Å². The zero-order valence-corrected chi connectivity index (χ0v) is 22.4. The van der Waals surface area contributed by atoms with Crippen LogP contribution in [0.1, 0.15) is 41.5 Å². The van der Waals surface area contributed by atoms with Crippen molar-refractivity contribution in [3.63, 3.8) is 0 Å². The van der Waals surface area contributed by atoms with E-state index in [1.54, 1.807) is 26.2 Å². The number of rotatable bonds is 11. The van der Waals surface area contributed by atoms with E-state index >= 15 is 0 Å². The predicted octanol–water partition coefficient (Wildman–Crippen LogP) is 4.42. The van der Waals surface area contributed by atoms with E-state index in [4.69, 9.17) is 9.47 Å². The zero-order chi connectivity index (χ0) is 27.0. The number of anilines is 1. The molecule has 0 fully saturated rings. The second-order valence-electron chi connectivity index (χ2n) is 7.68. The lowest BCUT2D eigenvalue weighted by Crippen LogP contribution is -2.30. The van der Waals surface area contributed by atoms with E-state index in [1.165, 1.54) is 28.6 Å². The molecule has 196 valence electrons. The Labute approximate surface area is 220 Å². The van der Waals surface area contributed by atoms with Crippen molar-refractivity contribution in [2.45, 2.75) is 25.7 Å². The van der Waals surface area contributed by atoms with Crippen molar-refractivity contribution in [2.75, 3.05) is 31.6 Å². The molecule has 9 nitrogen and oxygen atoms in total. The monoisotopic (exact) mass is 544 g/mol. The van der Waals surface area contributed by atoms with Gasteiger partial charge in [0.2, 0.25) is 10.0 Å². The van der Waals surface area contributed by atoms with E-state index in [0.717, 1.165) is 16.9 Å². The van der Waals surface area contributed by atoms with Gasteiger partial charge in [0.15, 0.2) is 6.61 Å². The van der Waals surface area contributed by atoms with Gasteiger partial charge >= 0.3 is 11.9 Å². The summed E-state index contributed by atoms with van der Waals surface area (Å²) < 4.78 is 36.8. The highest BCUT2D eigenvalue weighted by molar-refractivity contribution is 7.89. The van der Waals surface area contributed by atoms with Gasteiger partial charge in [-0.05, 0) is 36.8 Å². The third-order valence-corrected chi connectivity index (χ3v) is 8.34. The molecule has 0 saturated heterocycles. The topological polar surface area (TPSA) is 119 Å². The fourth-order valence-electron chi connectivity index (χ4n) is 3.54. The molecule has 2 aromatic carbocycles. The summed E-state index contributed by atoms with van der Waals surface area (Å²) in [4.78, 5) is 37.7. The Hall–Kier alpha value is -3.54. The Morgan fingerprint density at radius 2 is 1.54 bits per heavy atom. The van der Waals surface area contributed by atoms with Gasteiger partial charge < -0.3 is 14.8 Å². The molecular formula is C26H28N2O7S2. The summed E-state index contributed by atoms with van der Waals surface area (Å²) in [5, 5.41) is 4.65. The number of amides is 1. The van der Waals surface area contributed by atoms with Crippen LogP contribution in [0.3, 0.4) is 0 Å². The Kier molecular flexibility index (Phi) is 9.56. The van der Waals surface area contributed by atoms with E-state index in [1.807, 2.05) is 30.3 Å². The highest BCUT2D eigenvalue weighted by Gasteiger charge is 2.24. The van der Waals surface area contributed by atoms with Crippen molar-refractivity contribution in [3.05, 3.63) is 71.1 Å². The summed E-state index contributed by atoms with van der Waals surface area (Å²) in [5.41, 5.74) is 1.74. The van der Waals surface area contributed by atoms with E-state index < -0.39 is 34.5 Å². The predicted molar refractivity (Wildman–Crippen MR) is 141 cm³/mol.